The summed E-state index contributed by atoms with van der Waals surface area (Å²) in [4.78, 5) is 51.4. The third-order valence-corrected chi connectivity index (χ3v) is 6.11. The van der Waals surface area contributed by atoms with Crippen LogP contribution in [0.2, 0.25) is 0 Å². The second-order valence-corrected chi connectivity index (χ2v) is 8.80. The molecule has 2 aliphatic rings. The Hall–Kier alpha value is -2.70. The number of Topliss-reactive ketones (excluding diaryl/α,β-unsaturated/α-hetero) is 1. The molecule has 1 saturated carbocycles. The molecule has 0 spiro atoms. The lowest BCUT2D eigenvalue weighted by Crippen LogP contribution is -2.55. The van der Waals surface area contributed by atoms with E-state index in [1.807, 2.05) is 44.2 Å². The molecule has 3 N–H and O–H groups in total. The molecule has 2 fully saturated rings. The molecule has 3 atom stereocenters. The molecule has 1 unspecified atom stereocenters. The van der Waals surface area contributed by atoms with Crippen LogP contribution in [0.4, 0.5) is 0 Å². The summed E-state index contributed by atoms with van der Waals surface area (Å²) in [5.41, 5.74) is 5.94. The van der Waals surface area contributed by atoms with Gasteiger partial charge in [-0.3, -0.25) is 19.2 Å². The molecule has 1 aliphatic carbocycles. The number of rotatable bonds is 6. The van der Waals surface area contributed by atoms with Gasteiger partial charge in [0.2, 0.25) is 17.7 Å². The molecule has 0 bridgehead atoms. The summed E-state index contributed by atoms with van der Waals surface area (Å²) in [5.74, 6) is -1.51. The first kappa shape index (κ1) is 21.0. The van der Waals surface area contributed by atoms with Gasteiger partial charge in [-0.05, 0) is 23.8 Å². The maximum atomic E-state index is 13.3. The number of nitrogens with one attached hydrogen (secondary N) is 1. The maximum Gasteiger partial charge on any atom is 0.246 e. The van der Waals surface area contributed by atoms with E-state index in [1.54, 1.807) is 0 Å². The summed E-state index contributed by atoms with van der Waals surface area (Å²) in [7, 11) is 0. The number of nitrogens with two attached hydrogens (primary N) is 1. The van der Waals surface area contributed by atoms with Crippen LogP contribution < -0.4 is 11.1 Å². The largest absolute Gasteiger partial charge is 0.368 e. The number of benzene rings is 1. The van der Waals surface area contributed by atoms with Crippen molar-refractivity contribution >= 4 is 23.5 Å². The maximum absolute atomic E-state index is 13.3. The molecule has 1 saturated heterocycles. The summed E-state index contributed by atoms with van der Waals surface area (Å²) in [5, 5.41) is 2.89. The van der Waals surface area contributed by atoms with Crippen molar-refractivity contribution in [2.45, 2.75) is 58.0 Å². The summed E-state index contributed by atoms with van der Waals surface area (Å²) in [6.07, 6.45) is 2.11. The van der Waals surface area contributed by atoms with Crippen LogP contribution >= 0.6 is 0 Å². The number of hydrogen-bond donors (Lipinski definition) is 2. The molecule has 7 nitrogen and oxygen atoms in total. The number of likely N-dealkylation sites (tertiary alicyclic amines) is 1. The number of hydrogen-bond acceptors (Lipinski definition) is 4. The molecule has 0 aromatic heterocycles. The van der Waals surface area contributed by atoms with Crippen molar-refractivity contribution in [1.29, 1.82) is 0 Å². The number of nitrogens with zero attached hydrogens (tertiary/aromatic N) is 1. The normalized spacial score (nSPS) is 24.3. The minimum Gasteiger partial charge on any atom is -0.368 e. The van der Waals surface area contributed by atoms with E-state index >= 15 is 0 Å². The zero-order chi connectivity index (χ0) is 21.2. The average Bonchev–Trinajstić information content (AvgIpc) is 3.25. The van der Waals surface area contributed by atoms with Crippen LogP contribution in [0.3, 0.4) is 0 Å². The molecule has 0 radical (unpaired) electrons. The third kappa shape index (κ3) is 4.66. The van der Waals surface area contributed by atoms with Gasteiger partial charge in [-0.15, -0.1) is 0 Å². The zero-order valence-electron chi connectivity index (χ0n) is 17.0. The van der Waals surface area contributed by atoms with Gasteiger partial charge in [0.25, 0.3) is 0 Å². The minimum absolute atomic E-state index is 0.0643. The lowest BCUT2D eigenvalue weighted by Gasteiger charge is -2.30. The highest BCUT2D eigenvalue weighted by Crippen LogP contribution is 2.40. The van der Waals surface area contributed by atoms with Crippen LogP contribution in [0.1, 0.15) is 45.1 Å². The SMILES string of the molecule is CC1(C)CC(=O)CC1C(=O)N[C@@H](Cc1ccccc1)C(=O)N1CCC[C@H]1C(N)=O. The molecular weight excluding hydrogens is 370 g/mol. The van der Waals surface area contributed by atoms with Gasteiger partial charge in [-0.2, -0.15) is 0 Å². The van der Waals surface area contributed by atoms with Crippen LogP contribution in [0.5, 0.6) is 0 Å². The van der Waals surface area contributed by atoms with Crippen molar-refractivity contribution < 1.29 is 19.2 Å². The monoisotopic (exact) mass is 399 g/mol. The van der Waals surface area contributed by atoms with Crippen LogP contribution in [-0.4, -0.2) is 47.0 Å². The predicted octanol–water partition coefficient (Wildman–Crippen LogP) is 1.20. The van der Waals surface area contributed by atoms with Crippen molar-refractivity contribution in [3.8, 4) is 0 Å². The van der Waals surface area contributed by atoms with Crippen molar-refractivity contribution in [2.75, 3.05) is 6.54 Å². The first-order valence-electron chi connectivity index (χ1n) is 10.1. The number of carbonyl (C=O) groups excluding carboxylic acids is 4. The van der Waals surface area contributed by atoms with Gasteiger partial charge in [0.15, 0.2) is 0 Å². The van der Waals surface area contributed by atoms with Crippen molar-refractivity contribution in [2.24, 2.45) is 17.1 Å². The molecule has 3 amide bonds. The lowest BCUT2D eigenvalue weighted by molar-refractivity contribution is -0.141. The van der Waals surface area contributed by atoms with Gasteiger partial charge in [0.05, 0.1) is 5.92 Å². The highest BCUT2D eigenvalue weighted by Gasteiger charge is 2.45. The highest BCUT2D eigenvalue weighted by molar-refractivity contribution is 5.95. The number of ketones is 1. The average molecular weight is 399 g/mol. The van der Waals surface area contributed by atoms with E-state index in [2.05, 4.69) is 5.32 Å². The van der Waals surface area contributed by atoms with Gasteiger partial charge >= 0.3 is 0 Å². The molecule has 1 heterocycles. The van der Waals surface area contributed by atoms with Gasteiger partial charge in [-0.25, -0.2) is 0 Å². The van der Waals surface area contributed by atoms with E-state index in [9.17, 15) is 19.2 Å². The van der Waals surface area contributed by atoms with E-state index < -0.39 is 29.3 Å². The van der Waals surface area contributed by atoms with E-state index in [-0.39, 0.29) is 24.0 Å². The Kier molecular flexibility index (Phi) is 6.05. The number of amides is 3. The fourth-order valence-corrected chi connectivity index (χ4v) is 4.50. The second-order valence-electron chi connectivity index (χ2n) is 8.80. The Morgan fingerprint density at radius 3 is 2.52 bits per heavy atom. The smallest absolute Gasteiger partial charge is 0.246 e. The van der Waals surface area contributed by atoms with Crippen LogP contribution in [0.25, 0.3) is 0 Å². The predicted molar refractivity (Wildman–Crippen MR) is 108 cm³/mol. The second kappa shape index (κ2) is 8.35. The Labute approximate surface area is 171 Å². The van der Waals surface area contributed by atoms with E-state index in [1.165, 1.54) is 4.90 Å². The molecule has 29 heavy (non-hydrogen) atoms. The molecule has 3 rings (SSSR count). The van der Waals surface area contributed by atoms with Crippen LogP contribution in [0, 0.1) is 11.3 Å². The van der Waals surface area contributed by atoms with Crippen molar-refractivity contribution in [3.63, 3.8) is 0 Å². The van der Waals surface area contributed by atoms with E-state index in [0.717, 1.165) is 5.56 Å². The fourth-order valence-electron chi connectivity index (χ4n) is 4.50. The summed E-state index contributed by atoms with van der Waals surface area (Å²) >= 11 is 0. The van der Waals surface area contributed by atoms with Gasteiger partial charge in [-0.1, -0.05) is 44.2 Å². The highest BCUT2D eigenvalue weighted by atomic mass is 16.2. The number of carbonyl (C=O) groups is 4. The van der Waals surface area contributed by atoms with E-state index in [4.69, 9.17) is 5.73 Å². The summed E-state index contributed by atoms with van der Waals surface area (Å²) in [6.45, 7) is 4.25. The Morgan fingerprint density at radius 1 is 1.24 bits per heavy atom. The Morgan fingerprint density at radius 2 is 1.93 bits per heavy atom. The number of primary amides is 1. The zero-order valence-corrected chi connectivity index (χ0v) is 17.0. The Bertz CT molecular complexity index is 806. The van der Waals surface area contributed by atoms with Gasteiger partial charge in [0, 0.05) is 25.8 Å². The van der Waals surface area contributed by atoms with Crippen molar-refractivity contribution in [1.82, 2.24) is 10.2 Å². The Balaban J connectivity index is 1.81. The molecular formula is C22H29N3O4. The van der Waals surface area contributed by atoms with E-state index in [0.29, 0.717) is 32.2 Å². The molecule has 1 aromatic rings. The summed E-state index contributed by atoms with van der Waals surface area (Å²) < 4.78 is 0. The lowest BCUT2D eigenvalue weighted by atomic mass is 9.81. The first-order valence-corrected chi connectivity index (χ1v) is 10.1. The molecule has 7 heteroatoms. The third-order valence-electron chi connectivity index (χ3n) is 6.11. The van der Waals surface area contributed by atoms with Crippen LogP contribution in [0.15, 0.2) is 30.3 Å². The van der Waals surface area contributed by atoms with Crippen molar-refractivity contribution in [3.05, 3.63) is 35.9 Å². The van der Waals surface area contributed by atoms with Gasteiger partial charge in [0.1, 0.15) is 17.9 Å². The molecule has 1 aromatic carbocycles. The summed E-state index contributed by atoms with van der Waals surface area (Å²) in [6, 6.07) is 7.98. The first-order chi connectivity index (χ1) is 13.7. The minimum atomic E-state index is -0.809. The quantitative estimate of drug-likeness (QED) is 0.749. The molecule has 1 aliphatic heterocycles. The standard InChI is InChI=1S/C22H29N3O4/c1-22(2)13-15(26)12-16(22)20(28)24-17(11-14-7-4-3-5-8-14)21(29)25-10-6-9-18(25)19(23)27/h3-5,7-8,16-18H,6,9-13H2,1-2H3,(H2,23,27)(H,24,28)/t16?,17-,18-/m0/s1. The van der Waals surface area contributed by atoms with Crippen LogP contribution in [-0.2, 0) is 25.6 Å². The fraction of sp³-hybridized carbons (Fsp3) is 0.545. The topological polar surface area (TPSA) is 110 Å². The molecule has 156 valence electrons. The van der Waals surface area contributed by atoms with Gasteiger partial charge < -0.3 is 16.0 Å².